The number of aliphatic hydroxyl groups excluding tert-OH is 1. The molecular formula is C21H24N4O3. The normalized spacial score (nSPS) is 16.8. The average molecular weight is 380 g/mol. The van der Waals surface area contributed by atoms with E-state index in [4.69, 9.17) is 11.1 Å². The van der Waals surface area contributed by atoms with Crippen LogP contribution in [0.5, 0.6) is 0 Å². The van der Waals surface area contributed by atoms with E-state index in [0.717, 1.165) is 11.1 Å². The molecule has 3 rings (SSSR count). The predicted molar refractivity (Wildman–Crippen MR) is 106 cm³/mol. The van der Waals surface area contributed by atoms with Crippen LogP contribution in [0.4, 0.5) is 0 Å². The Kier molecular flexibility index (Phi) is 6.06. The van der Waals surface area contributed by atoms with Crippen LogP contribution in [0.3, 0.4) is 0 Å². The van der Waals surface area contributed by atoms with Gasteiger partial charge in [0.2, 0.25) is 11.8 Å². The van der Waals surface area contributed by atoms with Crippen molar-refractivity contribution in [1.29, 1.82) is 5.41 Å². The van der Waals surface area contributed by atoms with Crippen molar-refractivity contribution in [2.75, 3.05) is 13.2 Å². The molecule has 7 heteroatoms. The van der Waals surface area contributed by atoms with Gasteiger partial charge >= 0.3 is 0 Å². The summed E-state index contributed by atoms with van der Waals surface area (Å²) in [4.78, 5) is 26.8. The van der Waals surface area contributed by atoms with Gasteiger partial charge in [-0.25, -0.2) is 0 Å². The Morgan fingerprint density at radius 1 is 1.18 bits per heavy atom. The zero-order valence-corrected chi connectivity index (χ0v) is 15.5. The average Bonchev–Trinajstić information content (AvgIpc) is 2.67. The van der Waals surface area contributed by atoms with Gasteiger partial charge in [0.25, 0.3) is 0 Å². The third-order valence-corrected chi connectivity index (χ3v) is 5.02. The molecule has 0 spiro atoms. The molecule has 1 heterocycles. The lowest BCUT2D eigenvalue weighted by Gasteiger charge is -2.41. The largest absolute Gasteiger partial charge is 0.395 e. The van der Waals surface area contributed by atoms with E-state index in [1.165, 1.54) is 4.90 Å². The minimum Gasteiger partial charge on any atom is -0.395 e. The quantitative estimate of drug-likeness (QED) is 0.422. The fourth-order valence-corrected chi connectivity index (χ4v) is 3.24. The van der Waals surface area contributed by atoms with Crippen LogP contribution < -0.4 is 11.1 Å². The van der Waals surface area contributed by atoms with Crippen LogP contribution >= 0.6 is 0 Å². The summed E-state index contributed by atoms with van der Waals surface area (Å²) in [6.45, 7) is 0.543. The van der Waals surface area contributed by atoms with E-state index in [1.807, 2.05) is 18.2 Å². The first kappa shape index (κ1) is 19.6. The molecule has 2 atom stereocenters. The summed E-state index contributed by atoms with van der Waals surface area (Å²) in [6, 6.07) is 15.7. The van der Waals surface area contributed by atoms with Crippen molar-refractivity contribution in [3.05, 3.63) is 71.3 Å². The summed E-state index contributed by atoms with van der Waals surface area (Å²) in [7, 11) is 0. The molecule has 0 bridgehead atoms. The SMILES string of the molecule is N=C(N)c1ccc(CNC(=O)[C@@H]2CCN2C(=O)[C@@H](CO)c2ccccc2)cc1. The molecule has 0 aliphatic carbocycles. The van der Waals surface area contributed by atoms with Crippen molar-refractivity contribution in [1.82, 2.24) is 10.2 Å². The first-order valence-electron chi connectivity index (χ1n) is 9.18. The summed E-state index contributed by atoms with van der Waals surface area (Å²) in [5.74, 6) is -1.10. The highest BCUT2D eigenvalue weighted by molar-refractivity contribution is 5.95. The van der Waals surface area contributed by atoms with Gasteiger partial charge in [-0.15, -0.1) is 0 Å². The highest BCUT2D eigenvalue weighted by Gasteiger charge is 2.40. The molecule has 2 aromatic carbocycles. The molecule has 5 N–H and O–H groups in total. The molecule has 2 amide bonds. The van der Waals surface area contributed by atoms with Crippen LogP contribution in [-0.4, -0.2) is 46.8 Å². The second kappa shape index (κ2) is 8.67. The number of aliphatic hydroxyl groups is 1. The number of nitrogen functional groups attached to an aromatic ring is 1. The summed E-state index contributed by atoms with van der Waals surface area (Å²) < 4.78 is 0. The van der Waals surface area contributed by atoms with E-state index in [0.29, 0.717) is 25.1 Å². The first-order valence-corrected chi connectivity index (χ1v) is 9.18. The molecule has 1 aliphatic rings. The molecule has 1 aliphatic heterocycles. The van der Waals surface area contributed by atoms with Crippen molar-refractivity contribution >= 4 is 17.6 Å². The topological polar surface area (TPSA) is 120 Å². The van der Waals surface area contributed by atoms with Gasteiger partial charge in [0, 0.05) is 18.7 Å². The standard InChI is InChI=1S/C21H24N4O3/c22-19(23)16-8-6-14(7-9-16)12-24-20(27)18-10-11-25(18)21(28)17(13-26)15-4-2-1-3-5-15/h1-9,17-18,26H,10-13H2,(H3,22,23)(H,24,27)/t17-,18-/m0/s1. The summed E-state index contributed by atoms with van der Waals surface area (Å²) in [5.41, 5.74) is 7.68. The third kappa shape index (κ3) is 4.20. The van der Waals surface area contributed by atoms with E-state index in [2.05, 4.69) is 5.32 Å². The number of rotatable bonds is 7. The number of hydrogen-bond acceptors (Lipinski definition) is 4. The van der Waals surface area contributed by atoms with E-state index in [9.17, 15) is 14.7 Å². The maximum Gasteiger partial charge on any atom is 0.243 e. The van der Waals surface area contributed by atoms with E-state index >= 15 is 0 Å². The number of likely N-dealkylation sites (tertiary alicyclic amines) is 1. The summed E-state index contributed by atoms with van der Waals surface area (Å²) in [5, 5.41) is 19.9. The van der Waals surface area contributed by atoms with Gasteiger partial charge in [-0.2, -0.15) is 0 Å². The zero-order valence-electron chi connectivity index (χ0n) is 15.5. The lowest BCUT2D eigenvalue weighted by atomic mass is 9.93. The van der Waals surface area contributed by atoms with Gasteiger partial charge in [0.1, 0.15) is 11.9 Å². The maximum absolute atomic E-state index is 12.8. The van der Waals surface area contributed by atoms with Crippen molar-refractivity contribution in [3.8, 4) is 0 Å². The molecule has 146 valence electrons. The van der Waals surface area contributed by atoms with Crippen LogP contribution in [0.25, 0.3) is 0 Å². The van der Waals surface area contributed by atoms with Gasteiger partial charge in [-0.05, 0) is 17.5 Å². The number of nitrogens with two attached hydrogens (primary N) is 1. The number of carbonyl (C=O) groups excluding carboxylic acids is 2. The van der Waals surface area contributed by atoms with Crippen LogP contribution in [0, 0.1) is 5.41 Å². The second-order valence-corrected chi connectivity index (χ2v) is 6.81. The summed E-state index contributed by atoms with van der Waals surface area (Å²) in [6.07, 6.45) is 0.605. The highest BCUT2D eigenvalue weighted by atomic mass is 16.3. The fourth-order valence-electron chi connectivity index (χ4n) is 3.24. The Labute approximate surface area is 163 Å². The third-order valence-electron chi connectivity index (χ3n) is 5.02. The van der Waals surface area contributed by atoms with Crippen molar-refractivity contribution in [2.24, 2.45) is 5.73 Å². The maximum atomic E-state index is 12.8. The summed E-state index contributed by atoms with van der Waals surface area (Å²) >= 11 is 0. The molecule has 7 nitrogen and oxygen atoms in total. The Morgan fingerprint density at radius 3 is 2.39 bits per heavy atom. The fraction of sp³-hybridized carbons (Fsp3) is 0.286. The molecule has 0 radical (unpaired) electrons. The van der Waals surface area contributed by atoms with E-state index in [-0.39, 0.29) is 24.3 Å². The molecule has 0 aromatic heterocycles. The first-order chi connectivity index (χ1) is 13.5. The number of amides is 2. The zero-order chi connectivity index (χ0) is 20.1. The minimum absolute atomic E-state index is 0.00365. The van der Waals surface area contributed by atoms with Gasteiger partial charge in [0.15, 0.2) is 0 Å². The lowest BCUT2D eigenvalue weighted by Crippen LogP contribution is -2.59. The highest BCUT2D eigenvalue weighted by Crippen LogP contribution is 2.25. The van der Waals surface area contributed by atoms with Crippen molar-refractivity contribution in [3.63, 3.8) is 0 Å². The number of amidine groups is 1. The number of nitrogens with one attached hydrogen (secondary N) is 2. The molecule has 0 unspecified atom stereocenters. The number of nitrogens with zero attached hydrogens (tertiary/aromatic N) is 1. The smallest absolute Gasteiger partial charge is 0.243 e. The second-order valence-electron chi connectivity index (χ2n) is 6.81. The molecule has 0 saturated carbocycles. The molecule has 2 aromatic rings. The number of hydrogen-bond donors (Lipinski definition) is 4. The van der Waals surface area contributed by atoms with E-state index in [1.54, 1.807) is 36.4 Å². The van der Waals surface area contributed by atoms with Gasteiger partial charge in [-0.1, -0.05) is 54.6 Å². The monoisotopic (exact) mass is 380 g/mol. The number of carbonyl (C=O) groups is 2. The molecule has 1 saturated heterocycles. The van der Waals surface area contributed by atoms with Crippen LogP contribution in [0.2, 0.25) is 0 Å². The van der Waals surface area contributed by atoms with E-state index < -0.39 is 12.0 Å². The minimum atomic E-state index is -0.657. The van der Waals surface area contributed by atoms with Crippen LogP contribution in [0.15, 0.2) is 54.6 Å². The Bertz CT molecular complexity index is 852. The Hall–Kier alpha value is -3.19. The van der Waals surface area contributed by atoms with Crippen LogP contribution in [0.1, 0.15) is 29.0 Å². The van der Waals surface area contributed by atoms with Crippen LogP contribution in [-0.2, 0) is 16.1 Å². The number of benzene rings is 2. The molecule has 1 fully saturated rings. The molecular weight excluding hydrogens is 356 g/mol. The Morgan fingerprint density at radius 2 is 1.86 bits per heavy atom. The van der Waals surface area contributed by atoms with Gasteiger partial charge < -0.3 is 21.1 Å². The molecule has 28 heavy (non-hydrogen) atoms. The predicted octanol–water partition coefficient (Wildman–Crippen LogP) is 0.964. The van der Waals surface area contributed by atoms with Crippen molar-refractivity contribution in [2.45, 2.75) is 24.9 Å². The van der Waals surface area contributed by atoms with Crippen molar-refractivity contribution < 1.29 is 14.7 Å². The lowest BCUT2D eigenvalue weighted by molar-refractivity contribution is -0.149. The Balaban J connectivity index is 1.58. The van der Waals surface area contributed by atoms with Gasteiger partial charge in [0.05, 0.1) is 12.5 Å². The van der Waals surface area contributed by atoms with Gasteiger partial charge in [-0.3, -0.25) is 15.0 Å².